The summed E-state index contributed by atoms with van der Waals surface area (Å²) >= 11 is 6.11. The first-order valence-electron chi connectivity index (χ1n) is 8.37. The first kappa shape index (κ1) is 16.5. The van der Waals surface area contributed by atoms with Crippen LogP contribution in [0.5, 0.6) is 0 Å². The van der Waals surface area contributed by atoms with Crippen LogP contribution in [-0.2, 0) is 6.18 Å². The minimum Gasteiger partial charge on any atom is -0.251 e. The molecule has 0 spiro atoms. The van der Waals surface area contributed by atoms with E-state index >= 15 is 0 Å². The molecule has 4 nitrogen and oxygen atoms in total. The van der Waals surface area contributed by atoms with Crippen molar-refractivity contribution < 1.29 is 13.2 Å². The summed E-state index contributed by atoms with van der Waals surface area (Å²) in [5.41, 5.74) is 1.90. The largest absolute Gasteiger partial charge is 0.433 e. The van der Waals surface area contributed by atoms with Gasteiger partial charge in [-0.3, -0.25) is 4.98 Å². The third-order valence-corrected chi connectivity index (χ3v) is 5.20. The molecule has 1 saturated carbocycles. The van der Waals surface area contributed by atoms with E-state index in [2.05, 4.69) is 15.1 Å². The second-order valence-corrected chi connectivity index (χ2v) is 7.13. The Morgan fingerprint density at radius 3 is 2.70 bits per heavy atom. The van der Waals surface area contributed by atoms with Gasteiger partial charge in [0.1, 0.15) is 10.8 Å². The minimum atomic E-state index is -4.45. The number of halogens is 4. The monoisotopic (exact) mass is 388 g/mol. The molecule has 27 heavy (non-hydrogen) atoms. The van der Waals surface area contributed by atoms with E-state index in [9.17, 15) is 13.2 Å². The number of pyridine rings is 1. The van der Waals surface area contributed by atoms with E-state index in [1.807, 2.05) is 24.3 Å². The predicted molar refractivity (Wildman–Crippen MR) is 94.8 cm³/mol. The van der Waals surface area contributed by atoms with Crippen LogP contribution < -0.4 is 0 Å². The molecule has 5 rings (SSSR count). The smallest absolute Gasteiger partial charge is 0.251 e. The highest BCUT2D eigenvalue weighted by Gasteiger charge is 2.41. The van der Waals surface area contributed by atoms with Crippen LogP contribution in [0, 0.1) is 0 Å². The lowest BCUT2D eigenvalue weighted by Gasteiger charge is -2.08. The normalized spacial score (nSPS) is 19.7. The molecule has 2 unspecified atom stereocenters. The molecule has 0 N–H and O–H groups in total. The summed E-state index contributed by atoms with van der Waals surface area (Å²) in [5.74, 6) is 0.438. The molecule has 1 aliphatic carbocycles. The minimum absolute atomic E-state index is 0.218. The maximum Gasteiger partial charge on any atom is 0.433 e. The van der Waals surface area contributed by atoms with Gasteiger partial charge in [-0.05, 0) is 41.3 Å². The van der Waals surface area contributed by atoms with E-state index in [1.54, 1.807) is 16.9 Å². The number of imidazole rings is 1. The van der Waals surface area contributed by atoms with E-state index in [0.717, 1.165) is 29.3 Å². The van der Waals surface area contributed by atoms with Gasteiger partial charge in [-0.25, -0.2) is 9.50 Å². The van der Waals surface area contributed by atoms with E-state index in [1.165, 1.54) is 6.20 Å². The Labute approximate surface area is 156 Å². The molecule has 0 amide bonds. The lowest BCUT2D eigenvalue weighted by Crippen LogP contribution is -2.07. The quantitative estimate of drug-likeness (QED) is 0.473. The average Bonchev–Trinajstić information content (AvgIpc) is 3.29. The third kappa shape index (κ3) is 2.82. The zero-order valence-electron chi connectivity index (χ0n) is 13.8. The van der Waals surface area contributed by atoms with Gasteiger partial charge in [-0.15, -0.1) is 0 Å². The number of alkyl halides is 3. The Hall–Kier alpha value is -2.67. The van der Waals surface area contributed by atoms with Crippen molar-refractivity contribution in [3.05, 3.63) is 70.9 Å². The first-order valence-corrected chi connectivity index (χ1v) is 8.74. The lowest BCUT2D eigenvalue weighted by molar-refractivity contribution is -0.141. The number of aromatic nitrogens is 4. The zero-order valence-corrected chi connectivity index (χ0v) is 14.5. The second kappa shape index (κ2) is 5.66. The molecule has 0 radical (unpaired) electrons. The van der Waals surface area contributed by atoms with Gasteiger partial charge >= 0.3 is 6.18 Å². The van der Waals surface area contributed by atoms with Crippen molar-refractivity contribution in [2.24, 2.45) is 0 Å². The van der Waals surface area contributed by atoms with Crippen molar-refractivity contribution in [1.82, 2.24) is 19.6 Å². The van der Waals surface area contributed by atoms with Gasteiger partial charge in [0.05, 0.1) is 0 Å². The third-order valence-electron chi connectivity index (χ3n) is 5.01. The number of hydrogen-bond donors (Lipinski definition) is 0. The molecular formula is C19H12ClF3N4. The number of fused-ring (bicyclic) bond motifs is 2. The van der Waals surface area contributed by atoms with Crippen LogP contribution in [0.3, 0.4) is 0 Å². The van der Waals surface area contributed by atoms with Crippen LogP contribution in [-0.4, -0.2) is 19.6 Å². The topological polar surface area (TPSA) is 43.1 Å². The fourth-order valence-electron chi connectivity index (χ4n) is 3.63. The second-order valence-electron chi connectivity index (χ2n) is 6.74. The van der Waals surface area contributed by atoms with E-state index in [0.29, 0.717) is 15.9 Å². The Morgan fingerprint density at radius 2 is 1.89 bits per heavy atom. The van der Waals surface area contributed by atoms with E-state index < -0.39 is 11.9 Å². The molecule has 3 aromatic heterocycles. The fraction of sp³-hybridized carbons (Fsp3) is 0.211. The van der Waals surface area contributed by atoms with Crippen LogP contribution in [0.15, 0.2) is 48.9 Å². The molecule has 1 aliphatic rings. The van der Waals surface area contributed by atoms with Gasteiger partial charge in [0, 0.05) is 29.5 Å². The summed E-state index contributed by atoms with van der Waals surface area (Å²) in [7, 11) is 0. The summed E-state index contributed by atoms with van der Waals surface area (Å²) in [4.78, 5) is 7.86. The van der Waals surface area contributed by atoms with Crippen molar-refractivity contribution in [3.8, 4) is 0 Å². The zero-order chi connectivity index (χ0) is 18.8. The molecule has 1 aromatic carbocycles. The van der Waals surface area contributed by atoms with Crippen LogP contribution in [0.2, 0.25) is 5.15 Å². The number of benzene rings is 1. The molecule has 0 saturated heterocycles. The van der Waals surface area contributed by atoms with Gasteiger partial charge < -0.3 is 0 Å². The number of nitrogens with zero attached hydrogens (tertiary/aromatic N) is 4. The summed E-state index contributed by atoms with van der Waals surface area (Å²) in [6.45, 7) is 0. The Kier molecular flexibility index (Phi) is 3.46. The maximum absolute atomic E-state index is 12.9. The van der Waals surface area contributed by atoms with Crippen molar-refractivity contribution in [3.63, 3.8) is 0 Å². The summed E-state index contributed by atoms with van der Waals surface area (Å²) in [6.07, 6.45) is 1.12. The molecule has 1 fully saturated rings. The molecule has 8 heteroatoms. The van der Waals surface area contributed by atoms with Gasteiger partial charge in [-0.1, -0.05) is 29.8 Å². The van der Waals surface area contributed by atoms with Crippen molar-refractivity contribution in [1.29, 1.82) is 0 Å². The maximum atomic E-state index is 12.9. The van der Waals surface area contributed by atoms with Gasteiger partial charge in [-0.2, -0.15) is 18.3 Å². The summed E-state index contributed by atoms with van der Waals surface area (Å²) < 4.78 is 40.5. The van der Waals surface area contributed by atoms with E-state index in [-0.39, 0.29) is 11.8 Å². The van der Waals surface area contributed by atoms with Crippen LogP contribution >= 0.6 is 11.6 Å². The van der Waals surface area contributed by atoms with Crippen LogP contribution in [0.25, 0.3) is 16.4 Å². The van der Waals surface area contributed by atoms with Gasteiger partial charge in [0.2, 0.25) is 0 Å². The Balaban J connectivity index is 1.52. The molecular weight excluding hydrogens is 377 g/mol. The standard InChI is InChI=1S/C19H12ClF3N4/c20-17-8-15(18-24-3-4-27(18)26-17)14-7-13(14)10-1-2-11-9-25-16(19(21,22)23)6-12(11)5-10/h1-6,8-9,13-14H,7H2. The Morgan fingerprint density at radius 1 is 1.04 bits per heavy atom. The van der Waals surface area contributed by atoms with E-state index in [4.69, 9.17) is 11.6 Å². The molecule has 0 bridgehead atoms. The summed E-state index contributed by atoms with van der Waals surface area (Å²) in [5, 5.41) is 5.80. The van der Waals surface area contributed by atoms with Gasteiger partial charge in [0.15, 0.2) is 5.65 Å². The van der Waals surface area contributed by atoms with Crippen molar-refractivity contribution in [2.45, 2.75) is 24.4 Å². The molecule has 136 valence electrons. The molecule has 3 heterocycles. The highest BCUT2D eigenvalue weighted by molar-refractivity contribution is 6.29. The molecule has 2 atom stereocenters. The average molecular weight is 389 g/mol. The number of rotatable bonds is 2. The van der Waals surface area contributed by atoms with Gasteiger partial charge in [0.25, 0.3) is 0 Å². The van der Waals surface area contributed by atoms with Crippen LogP contribution in [0.1, 0.15) is 35.1 Å². The SMILES string of the molecule is FC(F)(F)c1cc2cc(C3CC3c3cc(Cl)nn4ccnc34)ccc2cn1. The molecule has 4 aromatic rings. The highest BCUT2D eigenvalue weighted by atomic mass is 35.5. The Bertz CT molecular complexity index is 1180. The van der Waals surface area contributed by atoms with Crippen molar-refractivity contribution in [2.75, 3.05) is 0 Å². The predicted octanol–water partition coefficient (Wildman–Crippen LogP) is 5.22. The number of hydrogen-bond acceptors (Lipinski definition) is 3. The first-order chi connectivity index (χ1) is 12.9. The van der Waals surface area contributed by atoms with Crippen molar-refractivity contribution >= 4 is 28.0 Å². The highest BCUT2D eigenvalue weighted by Crippen LogP contribution is 2.55. The molecule has 0 aliphatic heterocycles. The van der Waals surface area contributed by atoms with Crippen LogP contribution in [0.4, 0.5) is 13.2 Å². The summed E-state index contributed by atoms with van der Waals surface area (Å²) in [6, 6.07) is 8.52. The lowest BCUT2D eigenvalue weighted by atomic mass is 10.0. The fourth-order valence-corrected chi connectivity index (χ4v) is 3.83.